The molecule has 0 bridgehead atoms. The van der Waals surface area contributed by atoms with Gasteiger partial charge in [0.15, 0.2) is 0 Å². The summed E-state index contributed by atoms with van der Waals surface area (Å²) in [4.78, 5) is 2.36. The van der Waals surface area contributed by atoms with E-state index < -0.39 is 0 Å². The van der Waals surface area contributed by atoms with Crippen LogP contribution in [0.5, 0.6) is 5.75 Å². The van der Waals surface area contributed by atoms with Gasteiger partial charge in [-0.2, -0.15) is 0 Å². The molecule has 1 saturated heterocycles. The van der Waals surface area contributed by atoms with E-state index in [9.17, 15) is 0 Å². The number of nitrogens with zero attached hydrogens (tertiary/aromatic N) is 1. The Bertz CT molecular complexity index is 436. The van der Waals surface area contributed by atoms with E-state index in [2.05, 4.69) is 37.9 Å². The zero-order valence-electron chi connectivity index (χ0n) is 12.9. The standard InChI is InChI=1S/C16H26N2O2/c1-11(17)16(13-6-5-7-14(10-13)19-4)18(3)15-8-9-20-12(15)2/h5-7,10-12,15-16H,8-9,17H2,1-4H3. The van der Waals surface area contributed by atoms with Crippen molar-refractivity contribution < 1.29 is 9.47 Å². The molecule has 1 aromatic rings. The first kappa shape index (κ1) is 15.3. The summed E-state index contributed by atoms with van der Waals surface area (Å²) in [5.74, 6) is 0.872. The van der Waals surface area contributed by atoms with Gasteiger partial charge in [0.2, 0.25) is 0 Å². The molecular formula is C16H26N2O2. The van der Waals surface area contributed by atoms with Crippen LogP contribution in [0, 0.1) is 0 Å². The van der Waals surface area contributed by atoms with Crippen molar-refractivity contribution in [3.63, 3.8) is 0 Å². The van der Waals surface area contributed by atoms with Gasteiger partial charge in [0.25, 0.3) is 0 Å². The molecule has 1 aliphatic heterocycles. The summed E-state index contributed by atoms with van der Waals surface area (Å²) < 4.78 is 11.0. The summed E-state index contributed by atoms with van der Waals surface area (Å²) in [7, 11) is 3.83. The molecule has 1 aliphatic rings. The molecule has 0 spiro atoms. The highest BCUT2D eigenvalue weighted by Gasteiger charge is 2.33. The summed E-state index contributed by atoms with van der Waals surface area (Å²) in [5.41, 5.74) is 7.45. The maximum absolute atomic E-state index is 6.25. The number of methoxy groups -OCH3 is 1. The number of nitrogens with two attached hydrogens (primary N) is 1. The number of benzene rings is 1. The van der Waals surface area contributed by atoms with Crippen LogP contribution in [0.2, 0.25) is 0 Å². The van der Waals surface area contributed by atoms with Crippen molar-refractivity contribution in [2.75, 3.05) is 20.8 Å². The molecule has 4 atom stereocenters. The van der Waals surface area contributed by atoms with Gasteiger partial charge in [0.1, 0.15) is 5.75 Å². The highest BCUT2D eigenvalue weighted by Crippen LogP contribution is 2.31. The topological polar surface area (TPSA) is 47.7 Å². The lowest BCUT2D eigenvalue weighted by molar-refractivity contribution is 0.0625. The third-order valence-electron chi connectivity index (χ3n) is 4.23. The van der Waals surface area contributed by atoms with Crippen LogP contribution in [0.3, 0.4) is 0 Å². The highest BCUT2D eigenvalue weighted by atomic mass is 16.5. The van der Waals surface area contributed by atoms with E-state index in [1.165, 1.54) is 5.56 Å². The van der Waals surface area contributed by atoms with Gasteiger partial charge in [-0.15, -0.1) is 0 Å². The minimum absolute atomic E-state index is 0.0416. The monoisotopic (exact) mass is 278 g/mol. The molecule has 20 heavy (non-hydrogen) atoms. The molecule has 1 heterocycles. The van der Waals surface area contributed by atoms with E-state index >= 15 is 0 Å². The first-order valence-electron chi connectivity index (χ1n) is 7.27. The van der Waals surface area contributed by atoms with Gasteiger partial charge in [-0.25, -0.2) is 0 Å². The smallest absolute Gasteiger partial charge is 0.119 e. The van der Waals surface area contributed by atoms with E-state index in [4.69, 9.17) is 15.2 Å². The Balaban J connectivity index is 2.25. The molecule has 0 amide bonds. The minimum atomic E-state index is 0.0416. The van der Waals surface area contributed by atoms with E-state index in [1.54, 1.807) is 7.11 Å². The lowest BCUT2D eigenvalue weighted by atomic mass is 9.96. The second-order valence-corrected chi connectivity index (χ2v) is 5.68. The lowest BCUT2D eigenvalue weighted by Crippen LogP contribution is -2.45. The van der Waals surface area contributed by atoms with Gasteiger partial charge < -0.3 is 15.2 Å². The summed E-state index contributed by atoms with van der Waals surface area (Å²) >= 11 is 0. The molecule has 0 aromatic heterocycles. The van der Waals surface area contributed by atoms with Crippen molar-refractivity contribution in [1.29, 1.82) is 0 Å². The predicted molar refractivity (Wildman–Crippen MR) is 81.0 cm³/mol. The minimum Gasteiger partial charge on any atom is -0.497 e. The average Bonchev–Trinajstić information content (AvgIpc) is 2.85. The van der Waals surface area contributed by atoms with Crippen molar-refractivity contribution in [1.82, 2.24) is 4.90 Å². The fraction of sp³-hybridized carbons (Fsp3) is 0.625. The van der Waals surface area contributed by atoms with Gasteiger partial charge in [-0.05, 0) is 45.0 Å². The highest BCUT2D eigenvalue weighted by molar-refractivity contribution is 5.31. The van der Waals surface area contributed by atoms with E-state index in [-0.39, 0.29) is 18.2 Å². The number of hydrogen-bond acceptors (Lipinski definition) is 4. The third kappa shape index (κ3) is 3.14. The first-order valence-corrected chi connectivity index (χ1v) is 7.27. The molecule has 1 fully saturated rings. The van der Waals surface area contributed by atoms with Crippen LogP contribution in [0.4, 0.5) is 0 Å². The van der Waals surface area contributed by atoms with Gasteiger partial charge in [-0.1, -0.05) is 12.1 Å². The Hall–Kier alpha value is -1.10. The fourth-order valence-electron chi connectivity index (χ4n) is 3.20. The van der Waals surface area contributed by atoms with Gasteiger partial charge in [-0.3, -0.25) is 4.90 Å². The summed E-state index contributed by atoms with van der Waals surface area (Å²) in [6.45, 7) is 5.03. The van der Waals surface area contributed by atoms with Crippen LogP contribution < -0.4 is 10.5 Å². The van der Waals surface area contributed by atoms with Gasteiger partial charge in [0.05, 0.1) is 13.2 Å². The molecule has 4 heteroatoms. The fourth-order valence-corrected chi connectivity index (χ4v) is 3.20. The molecule has 2 rings (SSSR count). The summed E-state index contributed by atoms with van der Waals surface area (Å²) in [6, 6.07) is 8.80. The molecule has 112 valence electrons. The van der Waals surface area contributed by atoms with Crippen LogP contribution in [-0.4, -0.2) is 43.9 Å². The summed E-state index contributed by atoms with van der Waals surface area (Å²) in [5, 5.41) is 0. The van der Waals surface area contributed by atoms with Crippen molar-refractivity contribution >= 4 is 0 Å². The van der Waals surface area contributed by atoms with E-state index in [0.717, 1.165) is 18.8 Å². The maximum Gasteiger partial charge on any atom is 0.119 e. The molecule has 0 radical (unpaired) electrons. The quantitative estimate of drug-likeness (QED) is 0.897. The van der Waals surface area contributed by atoms with Crippen LogP contribution >= 0.6 is 0 Å². The molecule has 0 aliphatic carbocycles. The number of ether oxygens (including phenoxy) is 2. The van der Waals surface area contributed by atoms with E-state index in [0.29, 0.717) is 6.04 Å². The second kappa shape index (κ2) is 6.57. The van der Waals surface area contributed by atoms with Gasteiger partial charge in [0, 0.05) is 24.7 Å². The SMILES string of the molecule is COc1cccc(C(C(C)N)N(C)C2CCOC2C)c1. The maximum atomic E-state index is 6.25. The predicted octanol–water partition coefficient (Wildman–Crippen LogP) is 2.19. The Labute approximate surface area is 121 Å². The number of likely N-dealkylation sites (N-methyl/N-ethyl adjacent to an activating group) is 1. The van der Waals surface area contributed by atoms with Crippen molar-refractivity contribution in [2.24, 2.45) is 5.73 Å². The Morgan fingerprint density at radius 1 is 1.45 bits per heavy atom. The second-order valence-electron chi connectivity index (χ2n) is 5.68. The molecular weight excluding hydrogens is 252 g/mol. The third-order valence-corrected chi connectivity index (χ3v) is 4.23. The van der Waals surface area contributed by atoms with Gasteiger partial charge >= 0.3 is 0 Å². The molecule has 4 nitrogen and oxygen atoms in total. The lowest BCUT2D eigenvalue weighted by Gasteiger charge is -2.37. The molecule has 4 unspecified atom stereocenters. The van der Waals surface area contributed by atoms with Crippen LogP contribution in [0.15, 0.2) is 24.3 Å². The molecule has 0 saturated carbocycles. The van der Waals surface area contributed by atoms with Crippen molar-refractivity contribution in [3.05, 3.63) is 29.8 Å². The summed E-state index contributed by atoms with van der Waals surface area (Å²) in [6.07, 6.45) is 1.32. The molecule has 2 N–H and O–H groups in total. The Morgan fingerprint density at radius 3 is 2.75 bits per heavy atom. The Morgan fingerprint density at radius 2 is 2.20 bits per heavy atom. The van der Waals surface area contributed by atoms with Crippen molar-refractivity contribution in [2.45, 2.75) is 44.5 Å². The Kier molecular flexibility index (Phi) is 5.02. The largest absolute Gasteiger partial charge is 0.497 e. The van der Waals surface area contributed by atoms with Crippen molar-refractivity contribution in [3.8, 4) is 5.75 Å². The number of rotatable bonds is 5. The zero-order chi connectivity index (χ0) is 14.7. The van der Waals surface area contributed by atoms with Crippen LogP contribution in [0.25, 0.3) is 0 Å². The first-order chi connectivity index (χ1) is 9.54. The average molecular weight is 278 g/mol. The normalized spacial score (nSPS) is 25.7. The van der Waals surface area contributed by atoms with E-state index in [1.807, 2.05) is 12.1 Å². The van der Waals surface area contributed by atoms with Crippen LogP contribution in [0.1, 0.15) is 31.9 Å². The number of hydrogen-bond donors (Lipinski definition) is 1. The molecule has 1 aromatic carbocycles. The van der Waals surface area contributed by atoms with Crippen LogP contribution in [-0.2, 0) is 4.74 Å². The zero-order valence-corrected chi connectivity index (χ0v) is 12.9.